The van der Waals surface area contributed by atoms with Crippen molar-refractivity contribution in [3.63, 3.8) is 0 Å². The minimum absolute atomic E-state index is 0.120. The fourth-order valence-electron chi connectivity index (χ4n) is 2.20. The summed E-state index contributed by atoms with van der Waals surface area (Å²) in [6, 6.07) is 9.98. The normalized spacial score (nSPS) is 28.0. The maximum Gasteiger partial charge on any atom is 0.314 e. The number of benzene rings is 1. The first-order chi connectivity index (χ1) is 8.88. The van der Waals surface area contributed by atoms with E-state index in [1.165, 1.54) is 0 Å². The highest BCUT2D eigenvalue weighted by Crippen LogP contribution is 2.32. The fourth-order valence-corrected chi connectivity index (χ4v) is 2.20. The number of ether oxygens (including phenoxy) is 2. The zero-order chi connectivity index (χ0) is 14.0. The van der Waals surface area contributed by atoms with Gasteiger partial charge in [-0.15, -0.1) is 0 Å². The zero-order valence-electron chi connectivity index (χ0n) is 12.1. The second kappa shape index (κ2) is 5.33. The van der Waals surface area contributed by atoms with Crippen LogP contribution in [-0.2, 0) is 20.7 Å². The monoisotopic (exact) mass is 262 g/mol. The van der Waals surface area contributed by atoms with Crippen LogP contribution in [0, 0.1) is 11.3 Å². The first-order valence-corrected chi connectivity index (χ1v) is 6.78. The van der Waals surface area contributed by atoms with Crippen LogP contribution in [-0.4, -0.2) is 18.4 Å². The van der Waals surface area contributed by atoms with Gasteiger partial charge >= 0.3 is 5.97 Å². The summed E-state index contributed by atoms with van der Waals surface area (Å²) in [5.74, 6) is -0.372. The van der Waals surface area contributed by atoms with Crippen molar-refractivity contribution in [3.8, 4) is 0 Å². The molecule has 19 heavy (non-hydrogen) atoms. The van der Waals surface area contributed by atoms with Crippen molar-refractivity contribution in [3.05, 3.63) is 35.9 Å². The van der Waals surface area contributed by atoms with E-state index < -0.39 is 6.29 Å². The standard InChI is InChI=1S/C16H22O3/c1-11-13(10-12-8-6-5-7-9-12)14(17)19-15(18-11)16(2,3)4/h5-9,11,13,15H,10H2,1-4H3. The van der Waals surface area contributed by atoms with Gasteiger partial charge < -0.3 is 9.47 Å². The highest BCUT2D eigenvalue weighted by atomic mass is 16.7. The van der Waals surface area contributed by atoms with Crippen molar-refractivity contribution >= 4 is 5.97 Å². The van der Waals surface area contributed by atoms with E-state index in [2.05, 4.69) is 0 Å². The topological polar surface area (TPSA) is 35.5 Å². The molecule has 1 heterocycles. The molecule has 1 aliphatic rings. The lowest BCUT2D eigenvalue weighted by molar-refractivity contribution is -0.253. The predicted octanol–water partition coefficient (Wildman–Crippen LogP) is 3.18. The van der Waals surface area contributed by atoms with Crippen LogP contribution in [0.4, 0.5) is 0 Å². The van der Waals surface area contributed by atoms with Crippen LogP contribution in [0.2, 0.25) is 0 Å². The Labute approximate surface area is 114 Å². The second-order valence-electron chi connectivity index (χ2n) is 6.27. The molecular formula is C16H22O3. The minimum atomic E-state index is -0.456. The number of cyclic esters (lactones) is 1. The number of hydrogen-bond donors (Lipinski definition) is 0. The number of carbonyl (C=O) groups excluding carboxylic acids is 1. The van der Waals surface area contributed by atoms with Crippen LogP contribution < -0.4 is 0 Å². The molecule has 0 spiro atoms. The van der Waals surface area contributed by atoms with Gasteiger partial charge in [-0.25, -0.2) is 0 Å². The predicted molar refractivity (Wildman–Crippen MR) is 73.5 cm³/mol. The molecule has 3 heteroatoms. The average molecular weight is 262 g/mol. The fraction of sp³-hybridized carbons (Fsp3) is 0.562. The third-order valence-corrected chi connectivity index (χ3v) is 3.44. The van der Waals surface area contributed by atoms with Crippen molar-refractivity contribution in [2.45, 2.75) is 46.5 Å². The Balaban J connectivity index is 2.06. The first kappa shape index (κ1) is 14.1. The lowest BCUT2D eigenvalue weighted by Gasteiger charge is -2.39. The SMILES string of the molecule is CC1OC(C(C)(C)C)OC(=O)C1Cc1ccccc1. The van der Waals surface area contributed by atoms with Crippen LogP contribution >= 0.6 is 0 Å². The van der Waals surface area contributed by atoms with E-state index in [0.29, 0.717) is 6.42 Å². The van der Waals surface area contributed by atoms with Gasteiger partial charge in [-0.05, 0) is 18.9 Å². The summed E-state index contributed by atoms with van der Waals surface area (Å²) in [5, 5.41) is 0. The number of rotatable bonds is 2. The second-order valence-corrected chi connectivity index (χ2v) is 6.27. The van der Waals surface area contributed by atoms with E-state index in [-0.39, 0.29) is 23.4 Å². The molecule has 2 rings (SSSR count). The molecule has 0 aromatic heterocycles. The Hall–Kier alpha value is -1.35. The van der Waals surface area contributed by atoms with E-state index in [1.54, 1.807) is 0 Å². The summed E-state index contributed by atoms with van der Waals surface area (Å²) in [4.78, 5) is 12.2. The van der Waals surface area contributed by atoms with Gasteiger partial charge in [0, 0.05) is 5.41 Å². The Bertz CT molecular complexity index is 433. The third kappa shape index (κ3) is 3.35. The molecule has 104 valence electrons. The summed E-state index contributed by atoms with van der Waals surface area (Å²) in [6.45, 7) is 7.98. The van der Waals surface area contributed by atoms with E-state index in [0.717, 1.165) is 5.56 Å². The van der Waals surface area contributed by atoms with Gasteiger partial charge in [0.05, 0.1) is 12.0 Å². The van der Waals surface area contributed by atoms with Crippen molar-refractivity contribution in [2.24, 2.45) is 11.3 Å². The minimum Gasteiger partial charge on any atom is -0.435 e. The molecule has 3 nitrogen and oxygen atoms in total. The van der Waals surface area contributed by atoms with E-state index >= 15 is 0 Å². The van der Waals surface area contributed by atoms with Crippen molar-refractivity contribution in [1.82, 2.24) is 0 Å². The molecule has 1 fully saturated rings. The van der Waals surface area contributed by atoms with Crippen LogP contribution in [0.3, 0.4) is 0 Å². The van der Waals surface area contributed by atoms with Gasteiger partial charge in [-0.2, -0.15) is 0 Å². The summed E-state index contributed by atoms with van der Waals surface area (Å²) in [5.41, 5.74) is 0.941. The molecule has 0 radical (unpaired) electrons. The quantitative estimate of drug-likeness (QED) is 0.768. The van der Waals surface area contributed by atoms with Gasteiger partial charge in [0.1, 0.15) is 0 Å². The van der Waals surface area contributed by atoms with Gasteiger partial charge in [0.15, 0.2) is 0 Å². The maximum absolute atomic E-state index is 12.2. The zero-order valence-corrected chi connectivity index (χ0v) is 12.1. The third-order valence-electron chi connectivity index (χ3n) is 3.44. The Morgan fingerprint density at radius 1 is 1.16 bits per heavy atom. The highest BCUT2D eigenvalue weighted by molar-refractivity contribution is 5.74. The largest absolute Gasteiger partial charge is 0.435 e. The highest BCUT2D eigenvalue weighted by Gasteiger charge is 2.41. The van der Waals surface area contributed by atoms with Gasteiger partial charge in [0.2, 0.25) is 6.29 Å². The summed E-state index contributed by atoms with van der Waals surface area (Å²) >= 11 is 0. The van der Waals surface area contributed by atoms with E-state index in [9.17, 15) is 4.79 Å². The molecule has 1 aromatic carbocycles. The van der Waals surface area contributed by atoms with Crippen LogP contribution in [0.1, 0.15) is 33.3 Å². The maximum atomic E-state index is 12.2. The summed E-state index contributed by atoms with van der Waals surface area (Å²) < 4.78 is 11.3. The first-order valence-electron chi connectivity index (χ1n) is 6.78. The number of carbonyl (C=O) groups is 1. The van der Waals surface area contributed by atoms with Crippen LogP contribution in [0.25, 0.3) is 0 Å². The molecular weight excluding hydrogens is 240 g/mol. The molecule has 1 saturated heterocycles. The molecule has 0 aliphatic carbocycles. The molecule has 3 atom stereocenters. The molecule has 0 amide bonds. The smallest absolute Gasteiger partial charge is 0.314 e. The summed E-state index contributed by atoms with van der Waals surface area (Å²) in [6.07, 6.45) is 0.0882. The van der Waals surface area contributed by atoms with Gasteiger partial charge in [-0.1, -0.05) is 51.1 Å². The molecule has 0 N–H and O–H groups in total. The molecule has 1 aliphatic heterocycles. The molecule has 1 aromatic rings. The van der Waals surface area contributed by atoms with Crippen LogP contribution in [0.5, 0.6) is 0 Å². The Kier molecular flexibility index (Phi) is 3.95. The van der Waals surface area contributed by atoms with Crippen molar-refractivity contribution in [1.29, 1.82) is 0 Å². The number of esters is 1. The van der Waals surface area contributed by atoms with Crippen molar-refractivity contribution < 1.29 is 14.3 Å². The number of hydrogen-bond acceptors (Lipinski definition) is 3. The van der Waals surface area contributed by atoms with E-state index in [4.69, 9.17) is 9.47 Å². The van der Waals surface area contributed by atoms with Crippen molar-refractivity contribution in [2.75, 3.05) is 0 Å². The van der Waals surface area contributed by atoms with Gasteiger partial charge in [0.25, 0.3) is 0 Å². The Morgan fingerprint density at radius 2 is 1.79 bits per heavy atom. The average Bonchev–Trinajstić information content (AvgIpc) is 2.33. The van der Waals surface area contributed by atoms with Crippen LogP contribution in [0.15, 0.2) is 30.3 Å². The Morgan fingerprint density at radius 3 is 2.32 bits per heavy atom. The summed E-state index contributed by atoms with van der Waals surface area (Å²) in [7, 11) is 0. The lowest BCUT2D eigenvalue weighted by atomic mass is 9.91. The molecule has 0 bridgehead atoms. The molecule has 3 unspecified atom stereocenters. The molecule has 0 saturated carbocycles. The van der Waals surface area contributed by atoms with E-state index in [1.807, 2.05) is 58.0 Å². The lowest BCUT2D eigenvalue weighted by Crippen LogP contribution is -2.48. The van der Waals surface area contributed by atoms with Gasteiger partial charge in [-0.3, -0.25) is 4.79 Å².